The van der Waals surface area contributed by atoms with E-state index in [2.05, 4.69) is 6.07 Å². The van der Waals surface area contributed by atoms with Crippen LogP contribution in [0.3, 0.4) is 0 Å². The van der Waals surface area contributed by atoms with Crippen molar-refractivity contribution < 1.29 is 17.9 Å². The molecule has 2 fully saturated rings. The lowest BCUT2D eigenvalue weighted by molar-refractivity contribution is 0.0917. The zero-order chi connectivity index (χ0) is 23.0. The molecule has 1 unspecified atom stereocenters. The molecule has 0 bridgehead atoms. The number of aromatic nitrogens is 1. The molecule has 2 aliphatic heterocycles. The van der Waals surface area contributed by atoms with Crippen molar-refractivity contribution >= 4 is 42.6 Å². The Morgan fingerprint density at radius 3 is 2.61 bits per heavy atom. The number of nitrogens with zero attached hydrogens (tertiary/aromatic N) is 3. The lowest BCUT2D eigenvalue weighted by Crippen LogP contribution is -2.37. The number of thiazole rings is 1. The molecule has 5 rings (SSSR count). The second-order valence-electron chi connectivity index (χ2n) is 8.65. The van der Waals surface area contributed by atoms with E-state index >= 15 is 0 Å². The van der Waals surface area contributed by atoms with Crippen molar-refractivity contribution in [2.24, 2.45) is 0 Å². The van der Waals surface area contributed by atoms with Crippen LogP contribution >= 0.6 is 11.3 Å². The number of fused-ring (bicyclic) bond motifs is 1. The zero-order valence-corrected chi connectivity index (χ0v) is 20.2. The molecule has 174 valence electrons. The van der Waals surface area contributed by atoms with Crippen LogP contribution in [0.4, 0.5) is 5.13 Å². The van der Waals surface area contributed by atoms with Gasteiger partial charge >= 0.3 is 0 Å². The Morgan fingerprint density at radius 2 is 1.91 bits per heavy atom. The van der Waals surface area contributed by atoms with E-state index in [0.717, 1.165) is 41.5 Å². The van der Waals surface area contributed by atoms with E-state index in [9.17, 15) is 13.2 Å². The molecule has 9 heteroatoms. The van der Waals surface area contributed by atoms with Gasteiger partial charge in [0.2, 0.25) is 10.0 Å². The third-order valence-corrected chi connectivity index (χ3v) is 9.18. The zero-order valence-electron chi connectivity index (χ0n) is 18.6. The van der Waals surface area contributed by atoms with Gasteiger partial charge in [-0.2, -0.15) is 4.31 Å². The highest BCUT2D eigenvalue weighted by Crippen LogP contribution is 2.32. The molecule has 1 aromatic heterocycles. The number of amides is 1. The monoisotopic (exact) mass is 485 g/mol. The minimum Gasteiger partial charge on any atom is -0.376 e. The number of hydrogen-bond donors (Lipinski definition) is 0. The van der Waals surface area contributed by atoms with Crippen LogP contribution in [0.1, 0.15) is 41.6 Å². The Kier molecular flexibility index (Phi) is 6.22. The van der Waals surface area contributed by atoms with Crippen molar-refractivity contribution in [3.63, 3.8) is 0 Å². The number of carbonyl (C=O) groups is 1. The first kappa shape index (κ1) is 22.5. The molecule has 3 aromatic rings. The van der Waals surface area contributed by atoms with Gasteiger partial charge in [0.1, 0.15) is 0 Å². The Morgan fingerprint density at radius 1 is 1.15 bits per heavy atom. The van der Waals surface area contributed by atoms with Crippen LogP contribution in [0.25, 0.3) is 10.2 Å². The van der Waals surface area contributed by atoms with Crippen LogP contribution in [0.5, 0.6) is 0 Å². The summed E-state index contributed by atoms with van der Waals surface area (Å²) in [4.78, 5) is 20.2. The molecular weight excluding hydrogens is 458 g/mol. The van der Waals surface area contributed by atoms with Gasteiger partial charge in [0.05, 0.1) is 27.8 Å². The van der Waals surface area contributed by atoms with Crippen molar-refractivity contribution in [2.45, 2.75) is 43.6 Å². The van der Waals surface area contributed by atoms with Crippen LogP contribution in [0.15, 0.2) is 47.4 Å². The largest absolute Gasteiger partial charge is 0.376 e. The second kappa shape index (κ2) is 9.13. The highest BCUT2D eigenvalue weighted by Gasteiger charge is 2.29. The van der Waals surface area contributed by atoms with Crippen molar-refractivity contribution in [1.29, 1.82) is 0 Å². The van der Waals surface area contributed by atoms with Gasteiger partial charge in [0.15, 0.2) is 5.13 Å². The van der Waals surface area contributed by atoms with Gasteiger partial charge < -0.3 is 4.74 Å². The molecule has 1 amide bonds. The standard InChI is InChI=1S/C24H27N3O4S2/c1-17-6-11-21-22(15-17)32-24(25-21)27(16-19-5-4-14-31-19)23(28)18-7-9-20(10-8-18)33(29,30)26-12-2-3-13-26/h6-11,15,19H,2-5,12-14,16H2,1H3. The average Bonchev–Trinajstić information content (AvgIpc) is 3.58. The van der Waals surface area contributed by atoms with Gasteiger partial charge in [-0.25, -0.2) is 13.4 Å². The van der Waals surface area contributed by atoms with Gasteiger partial charge in [-0.15, -0.1) is 0 Å². The molecule has 0 N–H and O–H groups in total. The molecule has 3 heterocycles. The summed E-state index contributed by atoms with van der Waals surface area (Å²) < 4.78 is 34.0. The quantitative estimate of drug-likeness (QED) is 0.522. The number of aryl methyl sites for hydroxylation is 1. The van der Waals surface area contributed by atoms with Crippen LogP contribution in [0, 0.1) is 6.92 Å². The van der Waals surface area contributed by atoms with Gasteiger partial charge in [0.25, 0.3) is 5.91 Å². The van der Waals surface area contributed by atoms with E-state index in [0.29, 0.717) is 36.9 Å². The molecule has 0 aliphatic carbocycles. The highest BCUT2D eigenvalue weighted by atomic mass is 32.2. The van der Waals surface area contributed by atoms with Crippen molar-refractivity contribution in [3.8, 4) is 0 Å². The first-order valence-corrected chi connectivity index (χ1v) is 13.6. The van der Waals surface area contributed by atoms with Gasteiger partial charge in [-0.3, -0.25) is 9.69 Å². The molecule has 33 heavy (non-hydrogen) atoms. The number of sulfonamides is 1. The first-order valence-electron chi connectivity index (χ1n) is 11.3. The van der Waals surface area contributed by atoms with E-state index in [1.165, 1.54) is 27.8 Å². The molecule has 0 spiro atoms. The first-order chi connectivity index (χ1) is 15.9. The number of carbonyl (C=O) groups excluding carboxylic acids is 1. The molecule has 7 nitrogen and oxygen atoms in total. The van der Waals surface area contributed by atoms with Crippen LogP contribution in [-0.2, 0) is 14.8 Å². The predicted molar refractivity (Wildman–Crippen MR) is 129 cm³/mol. The SMILES string of the molecule is Cc1ccc2nc(N(CC3CCCO3)C(=O)c3ccc(S(=O)(=O)N4CCCC4)cc3)sc2c1. The van der Waals surface area contributed by atoms with E-state index < -0.39 is 10.0 Å². The molecule has 1 atom stereocenters. The van der Waals surface area contributed by atoms with Crippen molar-refractivity contribution in [1.82, 2.24) is 9.29 Å². The molecule has 0 radical (unpaired) electrons. The maximum absolute atomic E-state index is 13.6. The van der Waals surface area contributed by atoms with Crippen molar-refractivity contribution in [3.05, 3.63) is 53.6 Å². The van der Waals surface area contributed by atoms with Crippen LogP contribution < -0.4 is 4.90 Å². The Hall–Kier alpha value is -2.33. The normalized spacial score (nSPS) is 19.4. The summed E-state index contributed by atoms with van der Waals surface area (Å²) in [7, 11) is -3.52. The molecule has 2 aliphatic rings. The summed E-state index contributed by atoms with van der Waals surface area (Å²) in [6.07, 6.45) is 3.62. The fraction of sp³-hybridized carbons (Fsp3) is 0.417. The summed E-state index contributed by atoms with van der Waals surface area (Å²) in [6.45, 7) is 4.26. The molecular formula is C24H27N3O4S2. The highest BCUT2D eigenvalue weighted by molar-refractivity contribution is 7.89. The summed E-state index contributed by atoms with van der Waals surface area (Å²) >= 11 is 1.49. The number of hydrogen-bond acceptors (Lipinski definition) is 6. The smallest absolute Gasteiger partial charge is 0.260 e. The van der Waals surface area contributed by atoms with Crippen molar-refractivity contribution in [2.75, 3.05) is 31.1 Å². The van der Waals surface area contributed by atoms with Crippen LogP contribution in [-0.4, -0.2) is 56.0 Å². The van der Waals surface area contributed by atoms with E-state index in [1.54, 1.807) is 17.0 Å². The van der Waals surface area contributed by atoms with Gasteiger partial charge in [-0.05, 0) is 74.6 Å². The molecule has 2 saturated heterocycles. The van der Waals surface area contributed by atoms with Gasteiger partial charge in [0, 0.05) is 25.3 Å². The summed E-state index contributed by atoms with van der Waals surface area (Å²) in [5, 5.41) is 0.630. The predicted octanol–water partition coefficient (Wildman–Crippen LogP) is 4.22. The average molecular weight is 486 g/mol. The number of anilines is 1. The lowest BCUT2D eigenvalue weighted by atomic mass is 10.2. The summed E-state index contributed by atoms with van der Waals surface area (Å²) in [5.74, 6) is -0.202. The van der Waals surface area contributed by atoms with Crippen LogP contribution in [0.2, 0.25) is 0 Å². The number of rotatable bonds is 6. The fourth-order valence-electron chi connectivity index (χ4n) is 4.38. The third-order valence-electron chi connectivity index (χ3n) is 6.22. The lowest BCUT2D eigenvalue weighted by Gasteiger charge is -2.23. The topological polar surface area (TPSA) is 79.8 Å². The summed E-state index contributed by atoms with van der Waals surface area (Å²) in [5.41, 5.74) is 2.44. The Labute approximate surface area is 198 Å². The minimum absolute atomic E-state index is 0.0301. The maximum atomic E-state index is 13.6. The van der Waals surface area contributed by atoms with Gasteiger partial charge in [-0.1, -0.05) is 17.4 Å². The summed E-state index contributed by atoms with van der Waals surface area (Å²) in [6, 6.07) is 12.3. The molecule has 2 aromatic carbocycles. The Bertz CT molecular complexity index is 1260. The number of benzene rings is 2. The van der Waals surface area contributed by atoms with E-state index in [1.807, 2.05) is 19.1 Å². The van der Waals surface area contributed by atoms with E-state index in [-0.39, 0.29) is 16.9 Å². The second-order valence-corrected chi connectivity index (χ2v) is 11.6. The van der Waals surface area contributed by atoms with E-state index in [4.69, 9.17) is 9.72 Å². The maximum Gasteiger partial charge on any atom is 0.260 e. The number of ether oxygens (including phenoxy) is 1. The minimum atomic E-state index is -3.52. The molecule has 0 saturated carbocycles. The third kappa shape index (κ3) is 4.55. The Balaban J connectivity index is 1.44. The fourth-order valence-corrected chi connectivity index (χ4v) is 6.97.